The van der Waals surface area contributed by atoms with Gasteiger partial charge in [0.2, 0.25) is 5.91 Å². The van der Waals surface area contributed by atoms with Crippen molar-refractivity contribution in [2.75, 3.05) is 39.4 Å². The minimum Gasteiger partial charge on any atom is -0.379 e. The lowest BCUT2D eigenvalue weighted by molar-refractivity contribution is -0.248. The highest BCUT2D eigenvalue weighted by atomic mass is 19.4. The van der Waals surface area contributed by atoms with Crippen LogP contribution in [0.25, 0.3) is 11.1 Å². The molecule has 39 heavy (non-hydrogen) atoms. The first-order chi connectivity index (χ1) is 18.7. The zero-order valence-corrected chi connectivity index (χ0v) is 21.5. The Morgan fingerprint density at radius 2 is 1.67 bits per heavy atom. The van der Waals surface area contributed by atoms with Crippen LogP contribution in [0.1, 0.15) is 36.3 Å². The van der Waals surface area contributed by atoms with E-state index in [9.17, 15) is 28.0 Å². The molecular formula is C28H31F3N4O4. The average molecular weight is 545 g/mol. The fourth-order valence-corrected chi connectivity index (χ4v) is 4.72. The smallest absolute Gasteiger partial charge is 0.379 e. The van der Waals surface area contributed by atoms with Crippen molar-refractivity contribution in [2.24, 2.45) is 0 Å². The van der Waals surface area contributed by atoms with Crippen molar-refractivity contribution in [1.29, 1.82) is 5.26 Å². The lowest BCUT2D eigenvalue weighted by atomic mass is 9.96. The molecule has 8 nitrogen and oxygen atoms in total. The second-order valence-electron chi connectivity index (χ2n) is 9.66. The molecule has 2 heterocycles. The molecule has 2 saturated heterocycles. The van der Waals surface area contributed by atoms with Gasteiger partial charge in [-0.15, -0.1) is 5.06 Å². The number of carbonyl (C=O) groups excluding carboxylic acids is 2. The molecule has 208 valence electrons. The van der Waals surface area contributed by atoms with Gasteiger partial charge in [-0.05, 0) is 41.5 Å². The molecule has 1 amide bonds. The Kier molecular flexibility index (Phi) is 9.56. The van der Waals surface area contributed by atoms with Gasteiger partial charge >= 0.3 is 12.1 Å². The minimum atomic E-state index is -5.15. The van der Waals surface area contributed by atoms with E-state index in [-0.39, 0.29) is 19.5 Å². The molecule has 0 radical (unpaired) electrons. The van der Waals surface area contributed by atoms with Crippen molar-refractivity contribution in [1.82, 2.24) is 15.3 Å². The number of carbonyl (C=O) groups is 2. The maximum atomic E-state index is 12.7. The summed E-state index contributed by atoms with van der Waals surface area (Å²) in [5.74, 6) is -3.60. The van der Waals surface area contributed by atoms with Gasteiger partial charge in [-0.1, -0.05) is 48.5 Å². The van der Waals surface area contributed by atoms with Crippen LogP contribution in [-0.2, 0) is 25.7 Å². The quantitative estimate of drug-likeness (QED) is 0.541. The van der Waals surface area contributed by atoms with Crippen LogP contribution in [0.3, 0.4) is 0 Å². The van der Waals surface area contributed by atoms with E-state index < -0.39 is 30.0 Å². The fraction of sp³-hybridized carbons (Fsp3) is 0.464. The molecule has 0 bridgehead atoms. The standard InChI is InChI=1S/C28H31F3N4O4/c29-28(30,31)27(37)39-35-12-2-1-3-25(35)26(36)33-18-24(17-32)23-10-8-22(9-11-23)21-6-4-20(5-7-21)19-34-13-15-38-16-14-34/h4-11,24-25H,1-3,12-16,18-19H2,(H,33,36)/t24-,25-/m0/s1. The van der Waals surface area contributed by atoms with E-state index in [4.69, 9.17) is 4.74 Å². The highest BCUT2D eigenvalue weighted by molar-refractivity contribution is 5.82. The summed E-state index contributed by atoms with van der Waals surface area (Å²) in [5.41, 5.74) is 3.96. The largest absolute Gasteiger partial charge is 0.492 e. The minimum absolute atomic E-state index is 0.0250. The zero-order chi connectivity index (χ0) is 27.8. The molecule has 2 aliphatic heterocycles. The molecule has 0 saturated carbocycles. The fourth-order valence-electron chi connectivity index (χ4n) is 4.72. The van der Waals surface area contributed by atoms with Crippen molar-refractivity contribution in [3.63, 3.8) is 0 Å². The third-order valence-corrected chi connectivity index (χ3v) is 6.93. The lowest BCUT2D eigenvalue weighted by Crippen LogP contribution is -2.51. The third-order valence-electron chi connectivity index (χ3n) is 6.93. The summed E-state index contributed by atoms with van der Waals surface area (Å²) in [7, 11) is 0. The summed E-state index contributed by atoms with van der Waals surface area (Å²) < 4.78 is 43.2. The molecule has 0 aliphatic carbocycles. The van der Waals surface area contributed by atoms with Crippen molar-refractivity contribution in [3.05, 3.63) is 59.7 Å². The number of ether oxygens (including phenoxy) is 1. The van der Waals surface area contributed by atoms with E-state index in [2.05, 4.69) is 45.4 Å². The first kappa shape index (κ1) is 28.5. The number of rotatable bonds is 8. The van der Waals surface area contributed by atoms with E-state index in [1.807, 2.05) is 24.3 Å². The molecule has 2 aromatic rings. The number of piperidine rings is 1. The average Bonchev–Trinajstić information content (AvgIpc) is 2.94. The van der Waals surface area contributed by atoms with Gasteiger partial charge in [-0.3, -0.25) is 9.69 Å². The van der Waals surface area contributed by atoms with E-state index in [1.165, 1.54) is 5.56 Å². The number of hydroxylamine groups is 2. The zero-order valence-electron chi connectivity index (χ0n) is 21.5. The number of amides is 1. The Labute approximate surface area is 225 Å². The molecule has 4 rings (SSSR count). The maximum Gasteiger partial charge on any atom is 0.492 e. The normalized spacial score (nSPS) is 19.6. The van der Waals surface area contributed by atoms with E-state index in [0.29, 0.717) is 18.4 Å². The van der Waals surface area contributed by atoms with Crippen LogP contribution in [-0.4, -0.2) is 73.5 Å². The highest BCUT2D eigenvalue weighted by Gasteiger charge is 2.44. The van der Waals surface area contributed by atoms with E-state index >= 15 is 0 Å². The molecule has 1 N–H and O–H groups in total. The Morgan fingerprint density at radius 3 is 2.28 bits per heavy atom. The molecule has 0 aromatic heterocycles. The van der Waals surface area contributed by atoms with Gasteiger partial charge in [-0.2, -0.15) is 18.4 Å². The van der Waals surface area contributed by atoms with Crippen LogP contribution in [0.4, 0.5) is 13.2 Å². The number of benzene rings is 2. The number of morpholine rings is 1. The van der Waals surface area contributed by atoms with Gasteiger partial charge in [0.1, 0.15) is 6.04 Å². The molecule has 11 heteroatoms. The topological polar surface area (TPSA) is 94.9 Å². The predicted molar refractivity (Wildman–Crippen MR) is 136 cm³/mol. The maximum absolute atomic E-state index is 12.7. The number of alkyl halides is 3. The first-order valence-electron chi connectivity index (χ1n) is 13.0. The molecule has 0 spiro atoms. The summed E-state index contributed by atoms with van der Waals surface area (Å²) in [5, 5.41) is 13.1. The summed E-state index contributed by atoms with van der Waals surface area (Å²) in [6.07, 6.45) is -3.80. The van der Waals surface area contributed by atoms with Crippen LogP contribution in [0, 0.1) is 11.3 Å². The summed E-state index contributed by atoms with van der Waals surface area (Å²) >= 11 is 0. The Hall–Kier alpha value is -3.46. The number of halogens is 3. The molecule has 0 unspecified atom stereocenters. The second kappa shape index (κ2) is 13.1. The van der Waals surface area contributed by atoms with Crippen LogP contribution < -0.4 is 5.32 Å². The van der Waals surface area contributed by atoms with Gasteiger partial charge < -0.3 is 14.9 Å². The van der Waals surface area contributed by atoms with Gasteiger partial charge in [-0.25, -0.2) is 4.79 Å². The predicted octanol–water partition coefficient (Wildman–Crippen LogP) is 3.78. The van der Waals surface area contributed by atoms with Crippen molar-refractivity contribution >= 4 is 11.9 Å². The number of nitrogens with one attached hydrogen (secondary N) is 1. The Balaban J connectivity index is 1.33. The van der Waals surface area contributed by atoms with Crippen molar-refractivity contribution in [2.45, 2.75) is 43.9 Å². The van der Waals surface area contributed by atoms with Gasteiger partial charge in [0.25, 0.3) is 0 Å². The number of nitrogens with zero attached hydrogens (tertiary/aromatic N) is 3. The SMILES string of the molecule is N#C[C@@H](CNC(=O)[C@@H]1CCCCN1OC(=O)C(F)(F)F)c1ccc(-c2ccc(CN3CCOCC3)cc2)cc1. The number of hydrogen-bond acceptors (Lipinski definition) is 7. The van der Waals surface area contributed by atoms with Gasteiger partial charge in [0.05, 0.1) is 25.2 Å². The number of hydrogen-bond donors (Lipinski definition) is 1. The number of nitriles is 1. The Morgan fingerprint density at radius 1 is 1.03 bits per heavy atom. The molecule has 2 fully saturated rings. The summed E-state index contributed by atoms with van der Waals surface area (Å²) in [6.45, 7) is 4.24. The lowest BCUT2D eigenvalue weighted by Gasteiger charge is -2.32. The van der Waals surface area contributed by atoms with Gasteiger partial charge in [0.15, 0.2) is 0 Å². The first-order valence-corrected chi connectivity index (χ1v) is 13.0. The van der Waals surface area contributed by atoms with Crippen molar-refractivity contribution in [3.8, 4) is 17.2 Å². The summed E-state index contributed by atoms with van der Waals surface area (Å²) in [4.78, 5) is 30.8. The van der Waals surface area contributed by atoms with Crippen LogP contribution in [0.2, 0.25) is 0 Å². The molecule has 2 aromatic carbocycles. The molecular weight excluding hydrogens is 513 g/mol. The molecule has 2 aliphatic rings. The van der Waals surface area contributed by atoms with Crippen molar-refractivity contribution < 1.29 is 32.3 Å². The summed E-state index contributed by atoms with van der Waals surface area (Å²) in [6, 6.07) is 16.9. The van der Waals surface area contributed by atoms with E-state index in [1.54, 1.807) is 0 Å². The van der Waals surface area contributed by atoms with Gasteiger partial charge in [0, 0.05) is 32.7 Å². The van der Waals surface area contributed by atoms with Crippen LogP contribution in [0.5, 0.6) is 0 Å². The Bertz CT molecular complexity index is 1160. The monoisotopic (exact) mass is 544 g/mol. The van der Waals surface area contributed by atoms with Crippen LogP contribution in [0.15, 0.2) is 48.5 Å². The highest BCUT2D eigenvalue weighted by Crippen LogP contribution is 2.25. The van der Waals surface area contributed by atoms with E-state index in [0.717, 1.165) is 49.0 Å². The molecule has 2 atom stereocenters. The second-order valence-corrected chi connectivity index (χ2v) is 9.66. The third kappa shape index (κ3) is 7.79. The van der Waals surface area contributed by atoms with Crippen LogP contribution >= 0.6 is 0 Å².